The predicted molar refractivity (Wildman–Crippen MR) is 305 cm³/mol. The van der Waals surface area contributed by atoms with Crippen molar-refractivity contribution in [2.75, 3.05) is 39.3 Å². The van der Waals surface area contributed by atoms with Gasteiger partial charge in [0.15, 0.2) is 6.61 Å². The number of hydrogen-bond acceptors (Lipinski definition) is 19. The molecule has 0 radical (unpaired) electrons. The summed E-state index contributed by atoms with van der Waals surface area (Å²) in [5, 5.41) is 53.5. The van der Waals surface area contributed by atoms with E-state index in [-0.39, 0.29) is 51.7 Å². The molecule has 482 valence electrons. The Morgan fingerprint density at radius 3 is 1.30 bits per heavy atom. The van der Waals surface area contributed by atoms with E-state index in [0.29, 0.717) is 57.1 Å². The zero-order valence-electron chi connectivity index (χ0n) is 48.4. The van der Waals surface area contributed by atoms with E-state index in [4.69, 9.17) is 33.5 Å². The highest BCUT2D eigenvalue weighted by Crippen LogP contribution is 2.11. The molecule has 0 aliphatic carbocycles. The monoisotopic (exact) mass is 1220 g/mol. The minimum absolute atomic E-state index is 0.0296. The van der Waals surface area contributed by atoms with Crippen LogP contribution in [0, 0.1) is 11.7 Å². The third-order valence-corrected chi connectivity index (χ3v) is 12.7. The van der Waals surface area contributed by atoms with Crippen LogP contribution < -0.4 is 76.5 Å². The molecular formula is C53H86FN15O17. The Kier molecular flexibility index (Phi) is 37.3. The first-order valence-electron chi connectivity index (χ1n) is 28.1. The SMILES string of the molecule is CC(C)[C@H](NC(=O)[C@H](CCC(=O)O)NC(=O)[C@H](CC(=O)O)NC(=O)CON=Cc1ccc(F)cc1)C(=O)N[C@@H](CC(=O)O)C(=O)NCC(=O)N[C@@H](CCCCN)C(=O)N[C@@H](CCCCN)C(=O)N[C@@H](CCCCN)C(=O)N[C@@H](CCCCN)C(N)=O. The van der Waals surface area contributed by atoms with E-state index in [1.54, 1.807) is 0 Å². The Balaban J connectivity index is 3.29. The summed E-state index contributed by atoms with van der Waals surface area (Å²) in [5.41, 5.74) is 28.6. The summed E-state index contributed by atoms with van der Waals surface area (Å²) in [6, 6.07) is -7.19. The maximum absolute atomic E-state index is 14.0. The third kappa shape index (κ3) is 32.0. The molecule has 0 saturated carbocycles. The summed E-state index contributed by atoms with van der Waals surface area (Å²) in [6.07, 6.45) is 1.27. The smallest absolute Gasteiger partial charge is 0.305 e. The zero-order valence-corrected chi connectivity index (χ0v) is 48.4. The van der Waals surface area contributed by atoms with Crippen molar-refractivity contribution in [1.29, 1.82) is 0 Å². The molecule has 0 fully saturated rings. The van der Waals surface area contributed by atoms with Crippen LogP contribution in [-0.2, 0) is 67.2 Å². The molecule has 0 aliphatic heterocycles. The molecule has 1 aromatic rings. The molecule has 8 atom stereocenters. The summed E-state index contributed by atoms with van der Waals surface area (Å²) < 4.78 is 13.2. The van der Waals surface area contributed by atoms with Gasteiger partial charge in [-0.25, -0.2) is 4.39 Å². The first kappa shape index (κ1) is 75.6. The number of nitrogens with one attached hydrogen (secondary N) is 9. The van der Waals surface area contributed by atoms with Crippen molar-refractivity contribution in [3.63, 3.8) is 0 Å². The zero-order chi connectivity index (χ0) is 64.7. The molecule has 10 amide bonds. The van der Waals surface area contributed by atoms with Crippen molar-refractivity contribution in [3.05, 3.63) is 35.6 Å². The molecule has 0 unspecified atom stereocenters. The highest BCUT2D eigenvalue weighted by Gasteiger charge is 2.36. The van der Waals surface area contributed by atoms with Crippen LogP contribution in [0.3, 0.4) is 0 Å². The van der Waals surface area contributed by atoms with Crippen LogP contribution >= 0.6 is 0 Å². The molecular weight excluding hydrogens is 1140 g/mol. The van der Waals surface area contributed by atoms with Gasteiger partial charge in [0, 0.05) is 6.42 Å². The van der Waals surface area contributed by atoms with E-state index in [2.05, 4.69) is 53.0 Å². The van der Waals surface area contributed by atoms with Gasteiger partial charge >= 0.3 is 17.9 Å². The van der Waals surface area contributed by atoms with Gasteiger partial charge in [-0.15, -0.1) is 0 Å². The van der Waals surface area contributed by atoms with Gasteiger partial charge in [-0.1, -0.05) is 31.1 Å². The predicted octanol–water partition coefficient (Wildman–Crippen LogP) is -4.36. The molecule has 33 heteroatoms. The van der Waals surface area contributed by atoms with Crippen LogP contribution in [-0.4, -0.2) is 186 Å². The number of oxime groups is 1. The fraction of sp³-hybridized carbons (Fsp3) is 0.623. The molecule has 1 rings (SSSR count). The molecule has 1 aromatic carbocycles. The van der Waals surface area contributed by atoms with Crippen molar-refractivity contribution in [2.24, 2.45) is 39.7 Å². The van der Waals surface area contributed by atoms with Crippen LogP contribution in [0.1, 0.15) is 122 Å². The second kappa shape index (κ2) is 42.4. The Morgan fingerprint density at radius 1 is 0.488 bits per heavy atom. The van der Waals surface area contributed by atoms with Gasteiger partial charge in [0.1, 0.15) is 54.2 Å². The highest BCUT2D eigenvalue weighted by molar-refractivity contribution is 5.99. The van der Waals surface area contributed by atoms with E-state index < -0.39 is 176 Å². The van der Waals surface area contributed by atoms with Crippen molar-refractivity contribution in [1.82, 2.24) is 47.9 Å². The molecule has 0 saturated heterocycles. The second-order valence-corrected chi connectivity index (χ2v) is 20.2. The maximum Gasteiger partial charge on any atom is 0.305 e. The molecule has 0 heterocycles. The van der Waals surface area contributed by atoms with Crippen LogP contribution in [0.5, 0.6) is 0 Å². The molecule has 32 nitrogen and oxygen atoms in total. The Labute approximate surface area is 496 Å². The van der Waals surface area contributed by atoms with Gasteiger partial charge in [-0.2, -0.15) is 0 Å². The molecule has 0 aliphatic rings. The summed E-state index contributed by atoms with van der Waals surface area (Å²) in [6.45, 7) is 2.15. The number of carboxylic acid groups (broad SMARTS) is 3. The lowest BCUT2D eigenvalue weighted by atomic mass is 10.0. The van der Waals surface area contributed by atoms with Crippen LogP contribution in [0.15, 0.2) is 29.4 Å². The minimum atomic E-state index is -1.93. The van der Waals surface area contributed by atoms with Gasteiger partial charge in [0.25, 0.3) is 5.91 Å². The molecule has 22 N–H and O–H groups in total. The number of halogens is 1. The summed E-state index contributed by atoms with van der Waals surface area (Å²) >= 11 is 0. The summed E-state index contributed by atoms with van der Waals surface area (Å²) in [5.74, 6) is -16.1. The Hall–Kier alpha value is -8.43. The summed E-state index contributed by atoms with van der Waals surface area (Å²) in [4.78, 5) is 175. The molecule has 0 aromatic heterocycles. The van der Waals surface area contributed by atoms with E-state index in [0.717, 1.165) is 18.3 Å². The Morgan fingerprint density at radius 2 is 0.872 bits per heavy atom. The lowest BCUT2D eigenvalue weighted by molar-refractivity contribution is -0.142. The van der Waals surface area contributed by atoms with E-state index >= 15 is 0 Å². The highest BCUT2D eigenvalue weighted by atomic mass is 19.1. The van der Waals surface area contributed by atoms with Gasteiger partial charge < -0.3 is 96.7 Å². The van der Waals surface area contributed by atoms with Crippen LogP contribution in [0.4, 0.5) is 4.39 Å². The van der Waals surface area contributed by atoms with Gasteiger partial charge in [-0.05, 0) is 133 Å². The van der Waals surface area contributed by atoms with Gasteiger partial charge in [-0.3, -0.25) is 62.3 Å². The molecule has 0 bridgehead atoms. The first-order chi connectivity index (χ1) is 40.8. The quantitative estimate of drug-likeness (QED) is 0.0167. The number of aliphatic carboxylic acids is 3. The number of carboxylic acids is 3. The van der Waals surface area contributed by atoms with Crippen molar-refractivity contribution < 1.29 is 86.9 Å². The van der Waals surface area contributed by atoms with Crippen LogP contribution in [0.25, 0.3) is 0 Å². The average Bonchev–Trinajstić information content (AvgIpc) is 3.59. The van der Waals surface area contributed by atoms with E-state index in [1.165, 1.54) is 26.0 Å². The molecule has 0 spiro atoms. The number of amides is 10. The number of unbranched alkanes of at least 4 members (excludes halogenated alkanes) is 4. The number of benzene rings is 1. The number of primary amides is 1. The lowest BCUT2D eigenvalue weighted by Crippen LogP contribution is -2.60. The number of carbonyl (C=O) groups is 13. The standard InChI is InChI=1S/C53H86FN15O17/c1-30(2)45(69-51(83)37(19-20-42(72)73)67-52(84)39(26-44(76)77)63-41(71)29-86-61-27-31-15-17-32(54)18-16-31)53(85)68-38(25-43(74)75)47(79)60-28-40(70)62-34(12-4-8-22-56)48(80)65-36(14-6-10-24-58)50(82)66-35(13-5-9-23-57)49(81)64-33(46(59)78)11-3-7-21-55/h15-18,27,30,33-39,45H,3-14,19-26,28-29,55-58H2,1-2H3,(H2,59,78)(H,60,79)(H,62,70)(H,63,71)(H,64,81)(H,65,80)(H,66,82)(H,67,84)(H,68,85)(H,69,83)(H,72,73)(H,74,75)(H,76,77)/t33-,34-,35-,36-,37-,38-,39-,45-/m0/s1. The van der Waals surface area contributed by atoms with Crippen molar-refractivity contribution in [3.8, 4) is 0 Å². The number of nitrogens with zero attached hydrogens (tertiary/aromatic N) is 1. The van der Waals surface area contributed by atoms with Crippen molar-refractivity contribution >= 4 is 83.2 Å². The second-order valence-electron chi connectivity index (χ2n) is 20.2. The lowest BCUT2D eigenvalue weighted by Gasteiger charge is -2.27. The van der Waals surface area contributed by atoms with Gasteiger partial charge in [0.2, 0.25) is 53.2 Å². The molecule has 86 heavy (non-hydrogen) atoms. The van der Waals surface area contributed by atoms with E-state index in [1.807, 2.05) is 0 Å². The van der Waals surface area contributed by atoms with Gasteiger partial charge in [0.05, 0.1) is 25.6 Å². The number of rotatable bonds is 46. The number of carbonyl (C=O) groups excluding carboxylic acids is 10. The topological polar surface area (TPSA) is 543 Å². The number of hydrogen-bond donors (Lipinski definition) is 17. The maximum atomic E-state index is 14.0. The minimum Gasteiger partial charge on any atom is -0.481 e. The largest absolute Gasteiger partial charge is 0.481 e. The fourth-order valence-corrected chi connectivity index (χ4v) is 8.02. The number of nitrogens with two attached hydrogens (primary N) is 5. The van der Waals surface area contributed by atoms with E-state index in [9.17, 15) is 82.0 Å². The first-order valence-corrected chi connectivity index (χ1v) is 28.1. The van der Waals surface area contributed by atoms with Crippen molar-refractivity contribution in [2.45, 2.75) is 165 Å². The average molecular weight is 1220 g/mol. The third-order valence-electron chi connectivity index (χ3n) is 12.7. The van der Waals surface area contributed by atoms with Crippen LogP contribution in [0.2, 0.25) is 0 Å². The fourth-order valence-electron chi connectivity index (χ4n) is 8.02. The normalized spacial score (nSPS) is 13.9. The Bertz CT molecular complexity index is 2440. The summed E-state index contributed by atoms with van der Waals surface area (Å²) in [7, 11) is 0.